The molecule has 182 valence electrons. The third-order valence-corrected chi connectivity index (χ3v) is 8.28. The van der Waals surface area contributed by atoms with E-state index in [0.29, 0.717) is 23.7 Å². The Bertz CT molecular complexity index is 1100. The van der Waals surface area contributed by atoms with Crippen LogP contribution < -0.4 is 9.64 Å². The molecule has 9 heteroatoms. The number of halogens is 1. The molecule has 0 saturated carbocycles. The fourth-order valence-corrected chi connectivity index (χ4v) is 5.97. The Morgan fingerprint density at radius 1 is 1.24 bits per heavy atom. The normalized spacial score (nSPS) is 14.4. The van der Waals surface area contributed by atoms with E-state index in [4.69, 9.17) is 26.1 Å². The van der Waals surface area contributed by atoms with Gasteiger partial charge in [0.2, 0.25) is 5.91 Å². The van der Waals surface area contributed by atoms with Crippen molar-refractivity contribution >= 4 is 56.0 Å². The molecule has 0 atom stereocenters. The highest BCUT2D eigenvalue weighted by molar-refractivity contribution is 7.99. The first kappa shape index (κ1) is 25.3. The van der Waals surface area contributed by atoms with E-state index >= 15 is 0 Å². The third-order valence-electron chi connectivity index (χ3n) is 5.80. The topological polar surface area (TPSA) is 54.9 Å². The number of anilines is 1. The molecule has 1 aliphatic rings. The molecule has 0 aliphatic carbocycles. The number of ether oxygens (including phenoxy) is 2. The number of methoxy groups -OCH3 is 1. The summed E-state index contributed by atoms with van der Waals surface area (Å²) in [5, 5.41) is 1.46. The minimum Gasteiger partial charge on any atom is -0.494 e. The molecule has 1 saturated heterocycles. The highest BCUT2D eigenvalue weighted by atomic mass is 35.5. The summed E-state index contributed by atoms with van der Waals surface area (Å²) in [6.07, 6.45) is 1.33. The van der Waals surface area contributed by atoms with Crippen molar-refractivity contribution in [2.75, 3.05) is 57.2 Å². The number of aromatic nitrogens is 1. The Labute approximate surface area is 214 Å². The smallest absolute Gasteiger partial charge is 0.229 e. The number of amides is 1. The van der Waals surface area contributed by atoms with Gasteiger partial charge in [-0.05, 0) is 49.2 Å². The molecular weight excluding hydrogens is 490 g/mol. The van der Waals surface area contributed by atoms with Crippen LogP contribution in [0.2, 0.25) is 5.02 Å². The predicted octanol–water partition coefficient (Wildman–Crippen LogP) is 5.50. The molecule has 4 rings (SSSR count). The van der Waals surface area contributed by atoms with Crippen LogP contribution in [0.4, 0.5) is 5.13 Å². The van der Waals surface area contributed by atoms with E-state index in [1.54, 1.807) is 30.2 Å². The summed E-state index contributed by atoms with van der Waals surface area (Å²) in [5.74, 6) is 1.54. The lowest BCUT2D eigenvalue weighted by atomic mass is 10.2. The molecule has 3 aromatic rings. The molecule has 2 heterocycles. The van der Waals surface area contributed by atoms with Gasteiger partial charge in [-0.25, -0.2) is 4.98 Å². The number of thiazole rings is 1. The van der Waals surface area contributed by atoms with Gasteiger partial charge in [-0.1, -0.05) is 29.0 Å². The minimum atomic E-state index is 0.0964. The first-order chi connectivity index (χ1) is 16.5. The molecule has 0 N–H and O–H groups in total. The first-order valence-corrected chi connectivity index (χ1v) is 13.7. The summed E-state index contributed by atoms with van der Waals surface area (Å²) in [7, 11) is 1.66. The summed E-state index contributed by atoms with van der Waals surface area (Å²) in [5.41, 5.74) is 1.96. The van der Waals surface area contributed by atoms with Gasteiger partial charge in [0.25, 0.3) is 0 Å². The Kier molecular flexibility index (Phi) is 9.08. The number of nitrogens with zero attached hydrogens (tertiary/aromatic N) is 3. The molecule has 0 bridgehead atoms. The quantitative estimate of drug-likeness (QED) is 0.329. The number of thioether (sulfide) groups is 1. The van der Waals surface area contributed by atoms with Crippen LogP contribution in [0.3, 0.4) is 0 Å². The highest BCUT2D eigenvalue weighted by Gasteiger charge is 2.22. The number of fused-ring (bicyclic) bond motifs is 1. The van der Waals surface area contributed by atoms with Gasteiger partial charge in [-0.3, -0.25) is 14.6 Å². The van der Waals surface area contributed by atoms with Crippen molar-refractivity contribution < 1.29 is 14.3 Å². The van der Waals surface area contributed by atoms with Gasteiger partial charge in [0.15, 0.2) is 5.13 Å². The zero-order valence-electron chi connectivity index (χ0n) is 19.6. The van der Waals surface area contributed by atoms with Crippen LogP contribution in [-0.4, -0.2) is 68.0 Å². The number of morpholine rings is 1. The summed E-state index contributed by atoms with van der Waals surface area (Å²) in [4.78, 5) is 23.6. The lowest BCUT2D eigenvalue weighted by Gasteiger charge is -2.27. The van der Waals surface area contributed by atoms with E-state index in [9.17, 15) is 4.79 Å². The van der Waals surface area contributed by atoms with E-state index in [1.807, 2.05) is 41.3 Å². The summed E-state index contributed by atoms with van der Waals surface area (Å²) < 4.78 is 12.0. The van der Waals surface area contributed by atoms with E-state index in [1.165, 1.54) is 0 Å². The summed E-state index contributed by atoms with van der Waals surface area (Å²) >= 11 is 9.21. The van der Waals surface area contributed by atoms with Crippen molar-refractivity contribution in [1.29, 1.82) is 0 Å². The van der Waals surface area contributed by atoms with Crippen LogP contribution >= 0.6 is 34.7 Å². The molecular formula is C25H30ClN3O3S2. The van der Waals surface area contributed by atoms with Crippen molar-refractivity contribution in [3.8, 4) is 5.75 Å². The standard InChI is InChI=1S/C25H30ClN3O3S2/c1-18-4-9-21(31-2)23-24(18)34-25(27-23)29(12-3-11-28-13-15-32-16-14-28)22(30)10-17-33-20-7-5-19(26)6-8-20/h4-9H,3,10-17H2,1-2H3. The zero-order valence-corrected chi connectivity index (χ0v) is 22.0. The number of aryl methyl sites for hydroxylation is 1. The Morgan fingerprint density at radius 3 is 2.74 bits per heavy atom. The monoisotopic (exact) mass is 519 g/mol. The molecule has 1 fully saturated rings. The first-order valence-electron chi connectivity index (χ1n) is 11.5. The highest BCUT2D eigenvalue weighted by Crippen LogP contribution is 2.36. The van der Waals surface area contributed by atoms with Crippen molar-refractivity contribution in [3.05, 3.63) is 47.0 Å². The van der Waals surface area contributed by atoms with Crippen LogP contribution in [0.15, 0.2) is 41.3 Å². The van der Waals surface area contributed by atoms with Crippen LogP contribution in [0.25, 0.3) is 10.2 Å². The Hall–Kier alpha value is -1.84. The zero-order chi connectivity index (χ0) is 23.9. The Balaban J connectivity index is 1.47. The second-order valence-electron chi connectivity index (χ2n) is 8.16. The average Bonchev–Trinajstić information content (AvgIpc) is 3.30. The molecule has 0 radical (unpaired) electrons. The molecule has 1 aromatic heterocycles. The van der Waals surface area contributed by atoms with Gasteiger partial charge in [0.05, 0.1) is 25.0 Å². The van der Waals surface area contributed by atoms with Crippen LogP contribution in [0.5, 0.6) is 5.75 Å². The van der Waals surface area contributed by atoms with E-state index in [0.717, 1.165) is 70.8 Å². The third kappa shape index (κ3) is 6.43. The van der Waals surface area contributed by atoms with Crippen molar-refractivity contribution in [1.82, 2.24) is 9.88 Å². The van der Waals surface area contributed by atoms with Crippen LogP contribution in [0, 0.1) is 6.92 Å². The van der Waals surface area contributed by atoms with E-state index < -0.39 is 0 Å². The Morgan fingerprint density at radius 2 is 2.00 bits per heavy atom. The van der Waals surface area contributed by atoms with Gasteiger partial charge in [-0.15, -0.1) is 11.8 Å². The minimum absolute atomic E-state index is 0.0964. The number of rotatable bonds is 10. The molecule has 34 heavy (non-hydrogen) atoms. The number of benzene rings is 2. The van der Waals surface area contributed by atoms with Gasteiger partial charge in [0, 0.05) is 48.3 Å². The lowest BCUT2D eigenvalue weighted by Crippen LogP contribution is -2.39. The summed E-state index contributed by atoms with van der Waals surface area (Å²) in [6.45, 7) is 7.11. The van der Waals surface area contributed by atoms with Crippen molar-refractivity contribution in [2.45, 2.75) is 24.7 Å². The number of carbonyl (C=O) groups excluding carboxylic acids is 1. The van der Waals surface area contributed by atoms with Gasteiger partial charge >= 0.3 is 0 Å². The average molecular weight is 520 g/mol. The van der Waals surface area contributed by atoms with Gasteiger partial charge in [0.1, 0.15) is 11.3 Å². The maximum absolute atomic E-state index is 13.4. The molecule has 2 aromatic carbocycles. The predicted molar refractivity (Wildman–Crippen MR) is 142 cm³/mol. The second kappa shape index (κ2) is 12.2. The lowest BCUT2D eigenvalue weighted by molar-refractivity contribution is -0.118. The number of hydrogen-bond donors (Lipinski definition) is 0. The van der Waals surface area contributed by atoms with Gasteiger partial charge in [-0.2, -0.15) is 0 Å². The molecule has 0 spiro atoms. The number of hydrogen-bond acceptors (Lipinski definition) is 7. The summed E-state index contributed by atoms with van der Waals surface area (Å²) in [6, 6.07) is 11.7. The van der Waals surface area contributed by atoms with E-state index in [2.05, 4.69) is 11.8 Å². The molecule has 6 nitrogen and oxygen atoms in total. The largest absolute Gasteiger partial charge is 0.494 e. The van der Waals surface area contributed by atoms with Crippen molar-refractivity contribution in [3.63, 3.8) is 0 Å². The SMILES string of the molecule is COc1ccc(C)c2sc(N(CCCN3CCOCC3)C(=O)CCSc3ccc(Cl)cc3)nc12. The van der Waals surface area contributed by atoms with Gasteiger partial charge < -0.3 is 9.47 Å². The van der Waals surface area contributed by atoms with E-state index in [-0.39, 0.29) is 5.91 Å². The fraction of sp³-hybridized carbons (Fsp3) is 0.440. The molecule has 0 unspecified atom stereocenters. The fourth-order valence-electron chi connectivity index (χ4n) is 3.90. The van der Waals surface area contributed by atoms with Crippen LogP contribution in [-0.2, 0) is 9.53 Å². The number of carbonyl (C=O) groups is 1. The molecule has 1 aliphatic heterocycles. The van der Waals surface area contributed by atoms with Crippen LogP contribution in [0.1, 0.15) is 18.4 Å². The second-order valence-corrected chi connectivity index (χ2v) is 10.7. The maximum atomic E-state index is 13.4. The van der Waals surface area contributed by atoms with Crippen molar-refractivity contribution in [2.24, 2.45) is 0 Å². The maximum Gasteiger partial charge on any atom is 0.229 e. The molecule has 1 amide bonds.